The zero-order chi connectivity index (χ0) is 31.5. The maximum Gasteiger partial charge on any atom is 0.306 e. The van der Waals surface area contributed by atoms with Crippen LogP contribution in [0, 0.1) is 0 Å². The van der Waals surface area contributed by atoms with E-state index in [1.165, 1.54) is 141 Å². The average molecular weight is 605 g/mol. The molecule has 0 aromatic rings. The molecule has 0 N–H and O–H groups in total. The fourth-order valence-electron chi connectivity index (χ4n) is 5.28. The fraction of sp³-hybridized carbons (Fsp3) is 0.846. The first-order valence-corrected chi connectivity index (χ1v) is 18.7. The molecule has 1 atom stereocenters. The summed E-state index contributed by atoms with van der Waals surface area (Å²) < 4.78 is 10.7. The van der Waals surface area contributed by atoms with E-state index in [2.05, 4.69) is 38.2 Å². The van der Waals surface area contributed by atoms with E-state index < -0.39 is 0 Å². The van der Waals surface area contributed by atoms with Gasteiger partial charge in [0.2, 0.25) is 0 Å². The van der Waals surface area contributed by atoms with Gasteiger partial charge in [-0.05, 0) is 71.1 Å². The second-order valence-electron chi connectivity index (χ2n) is 12.7. The van der Waals surface area contributed by atoms with Crippen LogP contribution in [-0.2, 0) is 19.1 Å². The second-order valence-corrected chi connectivity index (χ2v) is 12.7. The number of esters is 2. The Morgan fingerprint density at radius 2 is 0.791 bits per heavy atom. The molecule has 4 heteroatoms. The third kappa shape index (κ3) is 34.8. The van der Waals surface area contributed by atoms with Gasteiger partial charge in [-0.2, -0.15) is 0 Å². The van der Waals surface area contributed by atoms with E-state index in [1.807, 2.05) is 0 Å². The second kappa shape index (κ2) is 34.9. The third-order valence-corrected chi connectivity index (χ3v) is 8.10. The highest BCUT2D eigenvalue weighted by Crippen LogP contribution is 2.12. The van der Waals surface area contributed by atoms with E-state index in [1.54, 1.807) is 6.92 Å². The van der Waals surface area contributed by atoms with Crippen LogP contribution in [0.3, 0.4) is 0 Å². The molecule has 252 valence electrons. The summed E-state index contributed by atoms with van der Waals surface area (Å²) in [5, 5.41) is 0. The first-order chi connectivity index (χ1) is 21.1. The minimum atomic E-state index is -0.381. The normalized spacial score (nSPS) is 12.3. The summed E-state index contributed by atoms with van der Waals surface area (Å²) in [5.74, 6) is -0.365. The van der Waals surface area contributed by atoms with Crippen LogP contribution in [0.1, 0.15) is 201 Å². The van der Waals surface area contributed by atoms with Gasteiger partial charge in [-0.15, -0.1) is 0 Å². The molecule has 0 aliphatic heterocycles. The third-order valence-electron chi connectivity index (χ3n) is 8.10. The predicted octanol–water partition coefficient (Wildman–Crippen LogP) is 12.5. The molecule has 0 bridgehead atoms. The van der Waals surface area contributed by atoms with Crippen LogP contribution in [-0.4, -0.2) is 24.6 Å². The van der Waals surface area contributed by atoms with E-state index in [9.17, 15) is 9.59 Å². The van der Waals surface area contributed by atoms with Crippen molar-refractivity contribution in [1.82, 2.24) is 0 Å². The molecule has 0 radical (unpaired) electrons. The standard InChI is InChI=1S/C39H72O4/c1-4-6-8-10-12-14-16-18-20-22-24-26-28-30-32-34-38(40)42-36-37(3)43-39(41)35-33-31-29-27-25-23-21-19-17-15-13-11-9-7-5-2/h18-21,37H,4-17,22-36H2,1-3H3/t37-/m0/s1. The van der Waals surface area contributed by atoms with Crippen molar-refractivity contribution < 1.29 is 19.1 Å². The van der Waals surface area contributed by atoms with Gasteiger partial charge in [0.25, 0.3) is 0 Å². The lowest BCUT2D eigenvalue weighted by atomic mass is 10.1. The van der Waals surface area contributed by atoms with E-state index in [-0.39, 0.29) is 24.6 Å². The number of carbonyl (C=O) groups is 2. The highest BCUT2D eigenvalue weighted by Gasteiger charge is 2.12. The van der Waals surface area contributed by atoms with Crippen molar-refractivity contribution in [2.24, 2.45) is 0 Å². The summed E-state index contributed by atoms with van der Waals surface area (Å²) >= 11 is 0. The summed E-state index contributed by atoms with van der Waals surface area (Å²) in [5.41, 5.74) is 0. The van der Waals surface area contributed by atoms with Crippen molar-refractivity contribution in [3.63, 3.8) is 0 Å². The zero-order valence-electron chi connectivity index (χ0n) is 29.0. The van der Waals surface area contributed by atoms with Crippen molar-refractivity contribution in [3.05, 3.63) is 24.3 Å². The van der Waals surface area contributed by atoms with Crippen LogP contribution >= 0.6 is 0 Å². The molecule has 0 amide bonds. The molecular weight excluding hydrogens is 532 g/mol. The highest BCUT2D eigenvalue weighted by molar-refractivity contribution is 5.70. The largest absolute Gasteiger partial charge is 0.462 e. The van der Waals surface area contributed by atoms with Gasteiger partial charge in [-0.3, -0.25) is 9.59 Å². The molecule has 0 saturated carbocycles. The topological polar surface area (TPSA) is 52.6 Å². The molecule has 0 aromatic carbocycles. The van der Waals surface area contributed by atoms with Gasteiger partial charge in [0.15, 0.2) is 0 Å². The van der Waals surface area contributed by atoms with Crippen molar-refractivity contribution in [1.29, 1.82) is 0 Å². The quantitative estimate of drug-likeness (QED) is 0.0425. The van der Waals surface area contributed by atoms with Crippen LogP contribution in [0.2, 0.25) is 0 Å². The van der Waals surface area contributed by atoms with Crippen molar-refractivity contribution in [3.8, 4) is 0 Å². The average Bonchev–Trinajstić information content (AvgIpc) is 3.00. The van der Waals surface area contributed by atoms with Crippen molar-refractivity contribution >= 4 is 11.9 Å². The Kier molecular flexibility index (Phi) is 33.6. The fourth-order valence-corrected chi connectivity index (χ4v) is 5.28. The maximum absolute atomic E-state index is 12.1. The van der Waals surface area contributed by atoms with Crippen LogP contribution in [0.15, 0.2) is 24.3 Å². The number of rotatable bonds is 33. The monoisotopic (exact) mass is 605 g/mol. The van der Waals surface area contributed by atoms with Crippen LogP contribution < -0.4 is 0 Å². The number of carbonyl (C=O) groups excluding carboxylic acids is 2. The highest BCUT2D eigenvalue weighted by atomic mass is 16.6. The van der Waals surface area contributed by atoms with Gasteiger partial charge in [0.1, 0.15) is 12.7 Å². The lowest BCUT2D eigenvalue weighted by molar-refractivity contribution is -0.158. The lowest BCUT2D eigenvalue weighted by Crippen LogP contribution is -2.22. The van der Waals surface area contributed by atoms with Gasteiger partial charge in [-0.25, -0.2) is 0 Å². The Bertz CT molecular complexity index is 654. The number of ether oxygens (including phenoxy) is 2. The van der Waals surface area contributed by atoms with E-state index in [0.717, 1.165) is 25.7 Å². The lowest BCUT2D eigenvalue weighted by Gasteiger charge is -2.13. The minimum Gasteiger partial charge on any atom is -0.462 e. The molecule has 43 heavy (non-hydrogen) atoms. The first-order valence-electron chi connectivity index (χ1n) is 18.7. The smallest absolute Gasteiger partial charge is 0.306 e. The van der Waals surface area contributed by atoms with Gasteiger partial charge in [0.05, 0.1) is 0 Å². The summed E-state index contributed by atoms with van der Waals surface area (Å²) in [4.78, 5) is 24.1. The Hall–Kier alpha value is -1.58. The van der Waals surface area contributed by atoms with E-state index >= 15 is 0 Å². The molecule has 4 nitrogen and oxygen atoms in total. The molecular formula is C39H72O4. The van der Waals surface area contributed by atoms with Crippen molar-refractivity contribution in [2.75, 3.05) is 6.61 Å². The van der Waals surface area contributed by atoms with E-state index in [0.29, 0.717) is 12.8 Å². The Morgan fingerprint density at radius 3 is 1.19 bits per heavy atom. The number of allylic oxidation sites excluding steroid dienone is 4. The summed E-state index contributed by atoms with van der Waals surface area (Å²) in [7, 11) is 0. The van der Waals surface area contributed by atoms with Crippen LogP contribution in [0.25, 0.3) is 0 Å². The van der Waals surface area contributed by atoms with E-state index in [4.69, 9.17) is 9.47 Å². The summed E-state index contributed by atoms with van der Waals surface area (Å²) in [6.07, 6.45) is 42.2. The first kappa shape index (κ1) is 41.4. The molecule has 0 aliphatic rings. The molecule has 0 rings (SSSR count). The number of unbranched alkanes of at least 4 members (excludes halogenated alkanes) is 22. The molecule has 0 unspecified atom stereocenters. The van der Waals surface area contributed by atoms with Gasteiger partial charge < -0.3 is 9.47 Å². The van der Waals surface area contributed by atoms with Crippen LogP contribution in [0.4, 0.5) is 0 Å². The van der Waals surface area contributed by atoms with Gasteiger partial charge in [0, 0.05) is 12.8 Å². The SMILES string of the molecule is CCCCCCCCC=CCCCCCCCC(=O)OC[C@H](C)OC(=O)CCCCCCCC=CCCCCCCCC. The molecule has 0 spiro atoms. The molecule has 0 heterocycles. The minimum absolute atomic E-state index is 0.155. The molecule has 0 aromatic heterocycles. The van der Waals surface area contributed by atoms with Gasteiger partial charge in [-0.1, -0.05) is 141 Å². The Labute approximate surface area is 268 Å². The molecule has 0 saturated heterocycles. The Balaban J connectivity index is 3.46. The predicted molar refractivity (Wildman–Crippen MR) is 185 cm³/mol. The molecule has 0 aliphatic carbocycles. The van der Waals surface area contributed by atoms with Crippen molar-refractivity contribution in [2.45, 2.75) is 207 Å². The van der Waals surface area contributed by atoms with Crippen LogP contribution in [0.5, 0.6) is 0 Å². The molecule has 0 fully saturated rings. The maximum atomic E-state index is 12.1. The summed E-state index contributed by atoms with van der Waals surface area (Å²) in [6.45, 7) is 6.48. The number of hydrogen-bond acceptors (Lipinski definition) is 4. The summed E-state index contributed by atoms with van der Waals surface area (Å²) in [6, 6.07) is 0. The zero-order valence-corrected chi connectivity index (χ0v) is 29.0. The number of hydrogen-bond donors (Lipinski definition) is 0. The Morgan fingerprint density at radius 1 is 0.465 bits per heavy atom. The van der Waals surface area contributed by atoms with Gasteiger partial charge >= 0.3 is 11.9 Å².